The fraction of sp³-hybridized carbons (Fsp3) is 0.500. The summed E-state index contributed by atoms with van der Waals surface area (Å²) in [5, 5.41) is 7.20. The van der Waals surface area contributed by atoms with E-state index in [1.165, 1.54) is 0 Å². The third-order valence-corrected chi connectivity index (χ3v) is 4.59. The molecule has 0 bridgehead atoms. The molecule has 0 saturated carbocycles. The van der Waals surface area contributed by atoms with Gasteiger partial charge in [0.1, 0.15) is 5.82 Å². The van der Waals surface area contributed by atoms with E-state index in [-0.39, 0.29) is 11.8 Å². The topological polar surface area (TPSA) is 66.3 Å². The van der Waals surface area contributed by atoms with E-state index in [2.05, 4.69) is 32.2 Å². The van der Waals surface area contributed by atoms with Crippen molar-refractivity contribution in [1.82, 2.24) is 25.0 Å². The quantitative estimate of drug-likeness (QED) is 0.848. The minimum Gasteiger partial charge on any atom is -0.354 e. The first-order chi connectivity index (χ1) is 12.1. The number of anilines is 1. The molecule has 1 unspecified atom stereocenters. The van der Waals surface area contributed by atoms with Gasteiger partial charge in [0.05, 0.1) is 12.5 Å². The van der Waals surface area contributed by atoms with E-state index in [0.29, 0.717) is 13.1 Å². The molecule has 0 aromatic carbocycles. The summed E-state index contributed by atoms with van der Waals surface area (Å²) in [6, 6.07) is 5.83. The SMILES string of the molecule is CC(Cn1cccn1)C(=O)NCc1cccnc1N1CCN(C)CC1. The highest BCUT2D eigenvalue weighted by Crippen LogP contribution is 2.18. The van der Waals surface area contributed by atoms with Crippen LogP contribution in [0, 0.1) is 5.92 Å². The second kappa shape index (κ2) is 8.11. The molecular formula is C18H26N6O. The lowest BCUT2D eigenvalue weighted by Crippen LogP contribution is -2.45. The summed E-state index contributed by atoms with van der Waals surface area (Å²) in [5.41, 5.74) is 1.06. The Labute approximate surface area is 148 Å². The second-order valence-corrected chi connectivity index (χ2v) is 6.62. The zero-order valence-electron chi connectivity index (χ0n) is 14.9. The van der Waals surface area contributed by atoms with E-state index in [0.717, 1.165) is 37.6 Å². The van der Waals surface area contributed by atoms with Gasteiger partial charge >= 0.3 is 0 Å². The normalized spacial score (nSPS) is 16.6. The van der Waals surface area contributed by atoms with Crippen LogP contribution in [0.5, 0.6) is 0 Å². The van der Waals surface area contributed by atoms with E-state index < -0.39 is 0 Å². The lowest BCUT2D eigenvalue weighted by atomic mass is 10.1. The first-order valence-electron chi connectivity index (χ1n) is 8.76. The maximum absolute atomic E-state index is 12.4. The molecule has 0 spiro atoms. The summed E-state index contributed by atoms with van der Waals surface area (Å²) in [6.07, 6.45) is 5.41. The standard InChI is InChI=1S/C18H26N6O/c1-15(14-24-8-4-7-21-24)18(25)20-13-16-5-3-6-19-17(16)23-11-9-22(2)10-12-23/h3-8,15H,9-14H2,1-2H3,(H,20,25). The third-order valence-electron chi connectivity index (χ3n) is 4.59. The van der Waals surface area contributed by atoms with Crippen molar-refractivity contribution in [2.45, 2.75) is 20.0 Å². The highest BCUT2D eigenvalue weighted by Gasteiger charge is 2.19. The minimum atomic E-state index is -0.136. The molecule has 134 valence electrons. The molecule has 1 atom stereocenters. The monoisotopic (exact) mass is 342 g/mol. The van der Waals surface area contributed by atoms with Crippen LogP contribution in [0.1, 0.15) is 12.5 Å². The molecular weight excluding hydrogens is 316 g/mol. The van der Waals surface area contributed by atoms with E-state index >= 15 is 0 Å². The molecule has 2 aromatic rings. The average Bonchev–Trinajstić information content (AvgIpc) is 3.13. The molecule has 25 heavy (non-hydrogen) atoms. The molecule has 1 saturated heterocycles. The van der Waals surface area contributed by atoms with Crippen LogP contribution >= 0.6 is 0 Å². The zero-order chi connectivity index (χ0) is 17.6. The average molecular weight is 342 g/mol. The first-order valence-corrected chi connectivity index (χ1v) is 8.76. The summed E-state index contributed by atoms with van der Waals surface area (Å²) in [5.74, 6) is 0.878. The Morgan fingerprint density at radius 1 is 1.24 bits per heavy atom. The summed E-state index contributed by atoms with van der Waals surface area (Å²) >= 11 is 0. The van der Waals surface area contributed by atoms with E-state index in [4.69, 9.17) is 0 Å². The summed E-state index contributed by atoms with van der Waals surface area (Å²) in [7, 11) is 2.14. The first kappa shape index (κ1) is 17.4. The smallest absolute Gasteiger partial charge is 0.224 e. The van der Waals surface area contributed by atoms with Gasteiger partial charge in [-0.25, -0.2) is 4.98 Å². The number of aromatic nitrogens is 3. The van der Waals surface area contributed by atoms with Gasteiger partial charge in [0, 0.05) is 56.9 Å². The number of carbonyl (C=O) groups excluding carboxylic acids is 1. The number of hydrogen-bond donors (Lipinski definition) is 1. The molecule has 2 aromatic heterocycles. The van der Waals surface area contributed by atoms with E-state index in [1.807, 2.05) is 37.5 Å². The van der Waals surface area contributed by atoms with Crippen LogP contribution in [-0.4, -0.2) is 58.8 Å². The van der Waals surface area contributed by atoms with Crippen molar-refractivity contribution in [3.8, 4) is 0 Å². The van der Waals surface area contributed by atoms with Gasteiger partial charge in [-0.1, -0.05) is 13.0 Å². The number of amides is 1. The predicted molar refractivity (Wildman–Crippen MR) is 97.2 cm³/mol. The summed E-state index contributed by atoms with van der Waals surface area (Å²) in [4.78, 5) is 21.6. The Kier molecular flexibility index (Phi) is 5.65. The zero-order valence-corrected chi connectivity index (χ0v) is 14.9. The molecule has 3 heterocycles. The molecule has 0 aliphatic carbocycles. The maximum atomic E-state index is 12.4. The molecule has 1 amide bonds. The van der Waals surface area contributed by atoms with E-state index in [1.54, 1.807) is 10.9 Å². The highest BCUT2D eigenvalue weighted by molar-refractivity contribution is 5.78. The van der Waals surface area contributed by atoms with Crippen LogP contribution in [-0.2, 0) is 17.9 Å². The van der Waals surface area contributed by atoms with Gasteiger partial charge in [-0.15, -0.1) is 0 Å². The van der Waals surface area contributed by atoms with Gasteiger partial charge in [0.2, 0.25) is 5.91 Å². The van der Waals surface area contributed by atoms with Gasteiger partial charge in [0.25, 0.3) is 0 Å². The molecule has 1 N–H and O–H groups in total. The van der Waals surface area contributed by atoms with Crippen molar-refractivity contribution >= 4 is 11.7 Å². The van der Waals surface area contributed by atoms with Gasteiger partial charge in [-0.3, -0.25) is 9.48 Å². The van der Waals surface area contributed by atoms with Crippen molar-refractivity contribution in [1.29, 1.82) is 0 Å². The van der Waals surface area contributed by atoms with Gasteiger partial charge < -0.3 is 15.1 Å². The molecule has 3 rings (SSSR count). The van der Waals surface area contributed by atoms with Crippen LogP contribution in [0.25, 0.3) is 0 Å². The molecule has 1 aliphatic rings. The van der Waals surface area contributed by atoms with Crippen molar-refractivity contribution in [2.75, 3.05) is 38.1 Å². The fourth-order valence-corrected chi connectivity index (χ4v) is 3.00. The number of carbonyl (C=O) groups is 1. The van der Waals surface area contributed by atoms with Crippen molar-refractivity contribution < 1.29 is 4.79 Å². The summed E-state index contributed by atoms with van der Waals surface area (Å²) in [6.45, 7) is 6.98. The van der Waals surface area contributed by atoms with Gasteiger partial charge in [0.15, 0.2) is 0 Å². The third kappa shape index (κ3) is 4.57. The number of nitrogens with one attached hydrogen (secondary N) is 1. The Morgan fingerprint density at radius 3 is 2.76 bits per heavy atom. The number of piperazine rings is 1. The van der Waals surface area contributed by atoms with E-state index in [9.17, 15) is 4.79 Å². The van der Waals surface area contributed by atoms with Crippen LogP contribution in [0.3, 0.4) is 0 Å². The number of pyridine rings is 1. The maximum Gasteiger partial charge on any atom is 0.224 e. The highest BCUT2D eigenvalue weighted by atomic mass is 16.1. The second-order valence-electron chi connectivity index (χ2n) is 6.62. The Morgan fingerprint density at radius 2 is 2.04 bits per heavy atom. The van der Waals surface area contributed by atoms with Crippen molar-refractivity contribution in [3.05, 3.63) is 42.4 Å². The lowest BCUT2D eigenvalue weighted by molar-refractivity contribution is -0.125. The number of likely N-dealkylation sites (N-methyl/N-ethyl adjacent to an activating group) is 1. The summed E-state index contributed by atoms with van der Waals surface area (Å²) < 4.78 is 1.78. The fourth-order valence-electron chi connectivity index (χ4n) is 3.00. The van der Waals surface area contributed by atoms with Crippen LogP contribution in [0.2, 0.25) is 0 Å². The van der Waals surface area contributed by atoms with Crippen LogP contribution in [0.15, 0.2) is 36.8 Å². The largest absolute Gasteiger partial charge is 0.354 e. The van der Waals surface area contributed by atoms with Crippen molar-refractivity contribution in [3.63, 3.8) is 0 Å². The molecule has 0 radical (unpaired) electrons. The van der Waals surface area contributed by atoms with Crippen LogP contribution < -0.4 is 10.2 Å². The Bertz CT molecular complexity index is 679. The van der Waals surface area contributed by atoms with Crippen molar-refractivity contribution in [2.24, 2.45) is 5.92 Å². The van der Waals surface area contributed by atoms with Crippen LogP contribution in [0.4, 0.5) is 5.82 Å². The molecule has 1 aliphatic heterocycles. The number of rotatable bonds is 6. The minimum absolute atomic E-state index is 0.0312. The molecule has 7 heteroatoms. The molecule has 7 nitrogen and oxygen atoms in total. The number of hydrogen-bond acceptors (Lipinski definition) is 5. The predicted octanol–water partition coefficient (Wildman–Crippen LogP) is 0.982. The number of nitrogens with zero attached hydrogens (tertiary/aromatic N) is 5. The molecule has 1 fully saturated rings. The van der Waals surface area contributed by atoms with Gasteiger partial charge in [-0.05, 0) is 19.2 Å². The Balaban J connectivity index is 1.58. The van der Waals surface area contributed by atoms with Gasteiger partial charge in [-0.2, -0.15) is 5.10 Å². The lowest BCUT2D eigenvalue weighted by Gasteiger charge is -2.34. The Hall–Kier alpha value is -2.41.